The summed E-state index contributed by atoms with van der Waals surface area (Å²) in [5.74, 6) is -0.915. The van der Waals surface area contributed by atoms with Crippen molar-refractivity contribution < 1.29 is 9.59 Å². The van der Waals surface area contributed by atoms with E-state index in [1.165, 1.54) is 0 Å². The first-order chi connectivity index (χ1) is 11.9. The number of alkyl halides is 2. The Hall–Kier alpha value is -1.46. The van der Waals surface area contributed by atoms with Crippen molar-refractivity contribution in [3.05, 3.63) is 57.6 Å². The third-order valence-electron chi connectivity index (χ3n) is 3.27. The molecule has 0 bridgehead atoms. The standard InChI is InChI=1S/C17H14Cl4N2O2/c18-8-16(24)22-14-3-1-10(6-12(14)20)5-11-2-4-15(13(21)7-11)23-17(25)9-19/h1-4,6-7H,5,8-9H2,(H,22,24)(H,23,25). The molecule has 0 spiro atoms. The highest BCUT2D eigenvalue weighted by atomic mass is 35.5. The zero-order valence-electron chi connectivity index (χ0n) is 12.9. The van der Waals surface area contributed by atoms with E-state index >= 15 is 0 Å². The molecule has 0 aromatic heterocycles. The number of hydrogen-bond acceptors (Lipinski definition) is 2. The number of carbonyl (C=O) groups excluding carboxylic acids is 2. The van der Waals surface area contributed by atoms with E-state index < -0.39 is 0 Å². The van der Waals surface area contributed by atoms with Gasteiger partial charge in [0.1, 0.15) is 11.8 Å². The molecule has 25 heavy (non-hydrogen) atoms. The van der Waals surface area contributed by atoms with Gasteiger partial charge in [0.05, 0.1) is 21.4 Å². The summed E-state index contributed by atoms with van der Waals surface area (Å²) in [5, 5.41) is 6.08. The average Bonchev–Trinajstić information content (AvgIpc) is 2.59. The summed E-state index contributed by atoms with van der Waals surface area (Å²) < 4.78 is 0. The maximum Gasteiger partial charge on any atom is 0.239 e. The second-order valence-electron chi connectivity index (χ2n) is 5.17. The molecule has 0 heterocycles. The van der Waals surface area contributed by atoms with Crippen LogP contribution in [-0.2, 0) is 16.0 Å². The van der Waals surface area contributed by atoms with Gasteiger partial charge in [-0.3, -0.25) is 9.59 Å². The SMILES string of the molecule is O=C(CCl)Nc1ccc(Cc2ccc(NC(=O)CCl)c(Cl)c2)cc1Cl. The fourth-order valence-electron chi connectivity index (χ4n) is 2.14. The summed E-state index contributed by atoms with van der Waals surface area (Å²) in [7, 11) is 0. The van der Waals surface area contributed by atoms with E-state index in [1.807, 2.05) is 12.1 Å². The number of hydrogen-bond donors (Lipinski definition) is 2. The average molecular weight is 420 g/mol. The van der Waals surface area contributed by atoms with E-state index in [0.29, 0.717) is 27.8 Å². The van der Waals surface area contributed by atoms with E-state index in [4.69, 9.17) is 46.4 Å². The molecule has 2 aromatic rings. The minimum Gasteiger partial charge on any atom is -0.324 e. The normalized spacial score (nSPS) is 10.4. The van der Waals surface area contributed by atoms with Crippen molar-refractivity contribution in [2.45, 2.75) is 6.42 Å². The van der Waals surface area contributed by atoms with E-state index in [9.17, 15) is 9.59 Å². The third-order valence-corrected chi connectivity index (χ3v) is 4.38. The molecule has 0 radical (unpaired) electrons. The van der Waals surface area contributed by atoms with Crippen LogP contribution in [0.5, 0.6) is 0 Å². The summed E-state index contributed by atoms with van der Waals surface area (Å²) in [6.45, 7) is 0. The molecule has 8 heteroatoms. The van der Waals surface area contributed by atoms with Crippen molar-refractivity contribution in [2.75, 3.05) is 22.4 Å². The molecular formula is C17H14Cl4N2O2. The maximum absolute atomic E-state index is 11.3. The summed E-state index contributed by atoms with van der Waals surface area (Å²) in [6, 6.07) is 10.7. The lowest BCUT2D eigenvalue weighted by Crippen LogP contribution is -2.13. The van der Waals surface area contributed by atoms with Crippen LogP contribution in [0.3, 0.4) is 0 Å². The fourth-order valence-corrected chi connectivity index (χ4v) is 2.78. The molecular weight excluding hydrogens is 406 g/mol. The van der Waals surface area contributed by atoms with Crippen LogP contribution in [0.4, 0.5) is 11.4 Å². The molecule has 0 aliphatic heterocycles. The van der Waals surface area contributed by atoms with E-state index in [1.54, 1.807) is 24.3 Å². The topological polar surface area (TPSA) is 58.2 Å². The predicted octanol–water partition coefficient (Wildman–Crippen LogP) is 4.94. The van der Waals surface area contributed by atoms with Gasteiger partial charge in [-0.25, -0.2) is 0 Å². The molecule has 0 saturated carbocycles. The van der Waals surface area contributed by atoms with Gasteiger partial charge in [0.2, 0.25) is 11.8 Å². The minimum absolute atomic E-state index is 0.136. The highest BCUT2D eigenvalue weighted by Gasteiger charge is 2.08. The van der Waals surface area contributed by atoms with Crippen LogP contribution in [0.15, 0.2) is 36.4 Å². The molecule has 0 aliphatic carbocycles. The summed E-state index contributed by atoms with van der Waals surface area (Å²) >= 11 is 23.3. The first kappa shape index (κ1) is 19.9. The van der Waals surface area contributed by atoms with Crippen molar-refractivity contribution in [2.24, 2.45) is 0 Å². The number of rotatable bonds is 6. The molecule has 0 fully saturated rings. The molecule has 4 nitrogen and oxygen atoms in total. The Morgan fingerprint density at radius 2 is 1.16 bits per heavy atom. The molecule has 0 saturated heterocycles. The Morgan fingerprint density at radius 3 is 1.48 bits per heavy atom. The summed E-state index contributed by atoms with van der Waals surface area (Å²) in [6.07, 6.45) is 0.590. The monoisotopic (exact) mass is 418 g/mol. The Morgan fingerprint density at radius 1 is 0.760 bits per heavy atom. The molecule has 2 N–H and O–H groups in total. The number of nitrogens with one attached hydrogen (secondary N) is 2. The van der Waals surface area contributed by atoms with Crippen molar-refractivity contribution in [3.63, 3.8) is 0 Å². The van der Waals surface area contributed by atoms with Gasteiger partial charge in [0.25, 0.3) is 0 Å². The number of halogens is 4. The van der Waals surface area contributed by atoms with E-state index in [2.05, 4.69) is 10.6 Å². The Labute approximate surface area is 165 Å². The largest absolute Gasteiger partial charge is 0.324 e. The molecule has 0 unspecified atom stereocenters. The van der Waals surface area contributed by atoms with Crippen LogP contribution < -0.4 is 10.6 Å². The highest BCUT2D eigenvalue weighted by molar-refractivity contribution is 6.35. The van der Waals surface area contributed by atoms with Gasteiger partial charge >= 0.3 is 0 Å². The number of amides is 2. The second kappa shape index (κ2) is 9.30. The number of benzene rings is 2. The second-order valence-corrected chi connectivity index (χ2v) is 6.52. The van der Waals surface area contributed by atoms with Gasteiger partial charge in [-0.2, -0.15) is 0 Å². The number of anilines is 2. The maximum atomic E-state index is 11.3. The first-order valence-electron chi connectivity index (χ1n) is 7.21. The minimum atomic E-state index is -0.322. The van der Waals surface area contributed by atoms with E-state index in [-0.39, 0.29) is 23.6 Å². The molecule has 2 aromatic carbocycles. The lowest BCUT2D eigenvalue weighted by molar-refractivity contribution is -0.114. The van der Waals surface area contributed by atoms with Gasteiger partial charge in [-0.05, 0) is 41.8 Å². The van der Waals surface area contributed by atoms with Gasteiger partial charge in [-0.1, -0.05) is 35.3 Å². The lowest BCUT2D eigenvalue weighted by atomic mass is 10.0. The van der Waals surface area contributed by atoms with Crippen molar-refractivity contribution in [1.29, 1.82) is 0 Å². The van der Waals surface area contributed by atoms with Crippen LogP contribution in [0.1, 0.15) is 11.1 Å². The zero-order valence-corrected chi connectivity index (χ0v) is 15.9. The molecule has 132 valence electrons. The van der Waals surface area contributed by atoms with Crippen molar-refractivity contribution >= 4 is 69.6 Å². The highest BCUT2D eigenvalue weighted by Crippen LogP contribution is 2.27. The quantitative estimate of drug-likeness (QED) is 0.651. The van der Waals surface area contributed by atoms with E-state index in [0.717, 1.165) is 11.1 Å². The van der Waals surface area contributed by atoms with Gasteiger partial charge in [0.15, 0.2) is 0 Å². The predicted molar refractivity (Wildman–Crippen MR) is 104 cm³/mol. The first-order valence-corrected chi connectivity index (χ1v) is 9.04. The van der Waals surface area contributed by atoms with Crippen LogP contribution >= 0.6 is 46.4 Å². The molecule has 0 aliphatic rings. The van der Waals surface area contributed by atoms with Crippen LogP contribution in [0.2, 0.25) is 10.0 Å². The zero-order chi connectivity index (χ0) is 18.4. The Balaban J connectivity index is 2.11. The molecule has 2 rings (SSSR count). The third kappa shape index (κ3) is 5.79. The molecule has 0 atom stereocenters. The lowest BCUT2D eigenvalue weighted by Gasteiger charge is -2.10. The van der Waals surface area contributed by atoms with Crippen molar-refractivity contribution in [3.8, 4) is 0 Å². The van der Waals surface area contributed by atoms with Crippen molar-refractivity contribution in [1.82, 2.24) is 0 Å². The smallest absolute Gasteiger partial charge is 0.239 e. The summed E-state index contributed by atoms with van der Waals surface area (Å²) in [5.41, 5.74) is 2.91. The van der Waals surface area contributed by atoms with Gasteiger partial charge in [-0.15, -0.1) is 23.2 Å². The summed E-state index contributed by atoms with van der Waals surface area (Å²) in [4.78, 5) is 22.6. The number of carbonyl (C=O) groups is 2. The van der Waals surface area contributed by atoms with Crippen LogP contribution in [0, 0.1) is 0 Å². The molecule has 2 amide bonds. The van der Waals surface area contributed by atoms with Crippen LogP contribution in [0.25, 0.3) is 0 Å². The fraction of sp³-hybridized carbons (Fsp3) is 0.176. The Kier molecular flexibility index (Phi) is 7.38. The van der Waals surface area contributed by atoms with Gasteiger partial charge < -0.3 is 10.6 Å². The van der Waals surface area contributed by atoms with Crippen LogP contribution in [-0.4, -0.2) is 23.6 Å². The Bertz CT molecular complexity index is 731. The van der Waals surface area contributed by atoms with Gasteiger partial charge in [0, 0.05) is 0 Å².